The van der Waals surface area contributed by atoms with Gasteiger partial charge in [0.05, 0.1) is 0 Å². The van der Waals surface area contributed by atoms with Gasteiger partial charge in [0, 0.05) is 12.0 Å². The van der Waals surface area contributed by atoms with Gasteiger partial charge >= 0.3 is 0 Å². The molecule has 1 heterocycles. The van der Waals surface area contributed by atoms with Crippen LogP contribution in [0.5, 0.6) is 0 Å². The van der Waals surface area contributed by atoms with Crippen molar-refractivity contribution in [1.29, 1.82) is 0 Å². The average Bonchev–Trinajstić information content (AvgIpc) is 2.41. The molecule has 1 aromatic carbocycles. The summed E-state index contributed by atoms with van der Waals surface area (Å²) in [6.45, 7) is 0. The van der Waals surface area contributed by atoms with Crippen molar-refractivity contribution in [3.8, 4) is 0 Å². The number of benzene rings is 1. The van der Waals surface area contributed by atoms with Gasteiger partial charge in [-0.2, -0.15) is 0 Å². The van der Waals surface area contributed by atoms with Crippen molar-refractivity contribution >= 4 is 24.1 Å². The lowest BCUT2D eigenvalue weighted by Gasteiger charge is -2.28. The number of nitrogens with one attached hydrogen (secondary N) is 1. The molecule has 1 N–H and O–H groups in total. The molecule has 0 aromatic heterocycles. The molecule has 104 valence electrons. The summed E-state index contributed by atoms with van der Waals surface area (Å²) in [6.07, 6.45) is 0.314. The second-order valence-electron chi connectivity index (χ2n) is 4.30. The molecule has 1 aromatic rings. The number of hydrogen-bond donors (Lipinski definition) is 1. The summed E-state index contributed by atoms with van der Waals surface area (Å²) in [5.41, 5.74) is -0.0400. The van der Waals surface area contributed by atoms with Crippen molar-refractivity contribution in [2.45, 2.75) is 18.9 Å². The van der Waals surface area contributed by atoms with Gasteiger partial charge < -0.3 is 0 Å². The van der Waals surface area contributed by atoms with Crippen LogP contribution in [0.25, 0.3) is 0 Å². The van der Waals surface area contributed by atoms with Gasteiger partial charge in [-0.1, -0.05) is 6.07 Å². The van der Waals surface area contributed by atoms with Crippen molar-refractivity contribution in [3.63, 3.8) is 0 Å². The number of piperidine rings is 1. The van der Waals surface area contributed by atoms with Crippen molar-refractivity contribution in [2.75, 3.05) is 0 Å². The van der Waals surface area contributed by atoms with Gasteiger partial charge in [0.15, 0.2) is 0 Å². The van der Waals surface area contributed by atoms with Crippen LogP contribution < -0.4 is 5.32 Å². The normalized spacial score (nSPS) is 18.4. The molecule has 0 radical (unpaired) electrons. The Morgan fingerprint density at radius 1 is 1.40 bits per heavy atom. The van der Waals surface area contributed by atoms with Crippen molar-refractivity contribution < 1.29 is 23.6 Å². The Balaban J connectivity index is 2.24. The van der Waals surface area contributed by atoms with Crippen LogP contribution in [0.4, 0.5) is 4.39 Å². The molecule has 4 amide bonds. The molecule has 0 saturated carbocycles. The third-order valence-electron chi connectivity index (χ3n) is 2.97. The van der Waals surface area contributed by atoms with Crippen molar-refractivity contribution in [1.82, 2.24) is 10.2 Å². The van der Waals surface area contributed by atoms with E-state index in [-0.39, 0.29) is 24.8 Å². The Labute approximate surface area is 113 Å². The predicted molar refractivity (Wildman–Crippen MR) is 64.8 cm³/mol. The molecule has 1 saturated heterocycles. The fourth-order valence-electron chi connectivity index (χ4n) is 1.98. The van der Waals surface area contributed by atoms with Gasteiger partial charge in [0.1, 0.15) is 11.9 Å². The van der Waals surface area contributed by atoms with Crippen LogP contribution in [-0.2, 0) is 14.4 Å². The maximum Gasteiger partial charge on any atom is 0.261 e. The number of rotatable bonds is 3. The van der Waals surface area contributed by atoms with E-state index in [4.69, 9.17) is 0 Å². The Morgan fingerprint density at radius 3 is 2.75 bits per heavy atom. The quantitative estimate of drug-likeness (QED) is 0.633. The molecule has 20 heavy (non-hydrogen) atoms. The molecule has 1 fully saturated rings. The molecule has 0 aliphatic carbocycles. The fourth-order valence-corrected chi connectivity index (χ4v) is 1.98. The third-order valence-corrected chi connectivity index (χ3v) is 2.97. The largest absolute Gasteiger partial charge is 0.295 e. The number of hydrogen-bond acceptors (Lipinski definition) is 4. The van der Waals surface area contributed by atoms with Crippen molar-refractivity contribution in [2.24, 2.45) is 0 Å². The van der Waals surface area contributed by atoms with E-state index < -0.39 is 29.6 Å². The first-order valence-electron chi connectivity index (χ1n) is 5.90. The third kappa shape index (κ3) is 2.71. The second kappa shape index (κ2) is 5.60. The van der Waals surface area contributed by atoms with Crippen LogP contribution in [-0.4, -0.2) is 35.1 Å². The van der Waals surface area contributed by atoms with E-state index in [0.29, 0.717) is 4.90 Å². The zero-order valence-corrected chi connectivity index (χ0v) is 10.3. The van der Waals surface area contributed by atoms with Crippen LogP contribution in [0, 0.1) is 5.82 Å². The van der Waals surface area contributed by atoms with E-state index in [0.717, 1.165) is 12.1 Å². The van der Waals surface area contributed by atoms with Crippen molar-refractivity contribution in [3.05, 3.63) is 35.6 Å². The summed E-state index contributed by atoms with van der Waals surface area (Å²) in [4.78, 5) is 46.6. The Bertz CT molecular complexity index is 587. The van der Waals surface area contributed by atoms with E-state index in [1.54, 1.807) is 0 Å². The molecule has 0 spiro atoms. The zero-order chi connectivity index (χ0) is 14.7. The molecular formula is C13H11FN2O4. The Kier molecular flexibility index (Phi) is 3.88. The maximum absolute atomic E-state index is 13.1. The number of carbonyl (C=O) groups excluding carboxylic acids is 4. The van der Waals surface area contributed by atoms with Gasteiger partial charge in [-0.05, 0) is 24.6 Å². The van der Waals surface area contributed by atoms with Crippen LogP contribution in [0.2, 0.25) is 0 Å². The number of imide groups is 2. The molecule has 1 unspecified atom stereocenters. The summed E-state index contributed by atoms with van der Waals surface area (Å²) < 4.78 is 13.1. The maximum atomic E-state index is 13.1. The van der Waals surface area contributed by atoms with Crippen LogP contribution in [0.1, 0.15) is 23.2 Å². The molecule has 1 aliphatic rings. The van der Waals surface area contributed by atoms with Crippen LogP contribution in [0.3, 0.4) is 0 Å². The molecular weight excluding hydrogens is 267 g/mol. The van der Waals surface area contributed by atoms with Gasteiger partial charge in [-0.3, -0.25) is 29.4 Å². The number of carbonyl (C=O) groups is 4. The highest BCUT2D eigenvalue weighted by molar-refractivity contribution is 6.07. The molecule has 2 rings (SSSR count). The van der Waals surface area contributed by atoms with E-state index in [2.05, 4.69) is 5.32 Å². The first-order chi connectivity index (χ1) is 9.52. The van der Waals surface area contributed by atoms with Gasteiger partial charge in [0.25, 0.3) is 5.91 Å². The SMILES string of the molecule is O=CN(C(=O)c1cccc(F)c1)C1CCC(=O)NC1=O. The summed E-state index contributed by atoms with van der Waals surface area (Å²) in [5.74, 6) is -2.56. The Morgan fingerprint density at radius 2 is 2.15 bits per heavy atom. The minimum Gasteiger partial charge on any atom is -0.295 e. The zero-order valence-electron chi connectivity index (χ0n) is 10.3. The standard InChI is InChI=1S/C13H11FN2O4/c14-9-3-1-2-8(6-9)13(20)16(7-17)10-4-5-11(18)15-12(10)19/h1-3,6-7,10H,4-5H2,(H,15,18,19). The Hall–Kier alpha value is -2.57. The summed E-state index contributed by atoms with van der Waals surface area (Å²) in [7, 11) is 0. The minimum absolute atomic E-state index is 0.0389. The molecule has 1 aliphatic heterocycles. The number of halogens is 1. The first-order valence-corrected chi connectivity index (χ1v) is 5.90. The summed E-state index contributed by atoms with van der Waals surface area (Å²) >= 11 is 0. The molecule has 1 atom stereocenters. The predicted octanol–water partition coefficient (Wildman–Crippen LogP) is 0.229. The average molecular weight is 278 g/mol. The first kappa shape index (κ1) is 13.9. The highest BCUT2D eigenvalue weighted by Crippen LogP contribution is 2.15. The lowest BCUT2D eigenvalue weighted by Crippen LogP contribution is -2.53. The van der Waals surface area contributed by atoms with Crippen LogP contribution >= 0.6 is 0 Å². The van der Waals surface area contributed by atoms with Gasteiger partial charge in [-0.15, -0.1) is 0 Å². The van der Waals surface area contributed by atoms with Gasteiger partial charge in [0.2, 0.25) is 18.2 Å². The van der Waals surface area contributed by atoms with E-state index in [9.17, 15) is 23.6 Å². The fraction of sp³-hybridized carbons (Fsp3) is 0.231. The monoisotopic (exact) mass is 278 g/mol. The number of nitrogens with zero attached hydrogens (tertiary/aromatic N) is 1. The van der Waals surface area contributed by atoms with E-state index in [1.165, 1.54) is 12.1 Å². The summed E-state index contributed by atoms with van der Waals surface area (Å²) in [5, 5.41) is 2.06. The molecule has 7 heteroatoms. The van der Waals surface area contributed by atoms with E-state index >= 15 is 0 Å². The smallest absolute Gasteiger partial charge is 0.261 e. The highest BCUT2D eigenvalue weighted by atomic mass is 19.1. The van der Waals surface area contributed by atoms with E-state index in [1.807, 2.05) is 0 Å². The minimum atomic E-state index is -1.05. The van der Waals surface area contributed by atoms with Gasteiger partial charge in [-0.25, -0.2) is 4.39 Å². The molecule has 6 nitrogen and oxygen atoms in total. The highest BCUT2D eigenvalue weighted by Gasteiger charge is 2.34. The molecule has 0 bridgehead atoms. The summed E-state index contributed by atoms with van der Waals surface area (Å²) in [6, 6.07) is 3.75. The number of amides is 4. The lowest BCUT2D eigenvalue weighted by atomic mass is 10.0. The lowest BCUT2D eigenvalue weighted by molar-refractivity contribution is -0.139. The second-order valence-corrected chi connectivity index (χ2v) is 4.30. The topological polar surface area (TPSA) is 83.6 Å². The van der Waals surface area contributed by atoms with Crippen LogP contribution in [0.15, 0.2) is 24.3 Å².